The van der Waals surface area contributed by atoms with Crippen molar-refractivity contribution in [2.75, 3.05) is 12.4 Å². The summed E-state index contributed by atoms with van der Waals surface area (Å²) in [5.74, 6) is -1.99. The fourth-order valence-corrected chi connectivity index (χ4v) is 4.90. The highest BCUT2D eigenvalue weighted by molar-refractivity contribution is 7.93. The number of sulfone groups is 1. The summed E-state index contributed by atoms with van der Waals surface area (Å²) in [5, 5.41) is 0. The molecule has 0 spiro atoms. The van der Waals surface area contributed by atoms with Crippen molar-refractivity contribution in [1.82, 2.24) is 9.97 Å². The maximum absolute atomic E-state index is 14.7. The molecule has 0 fully saturated rings. The lowest BCUT2D eigenvalue weighted by Crippen LogP contribution is -2.55. The number of rotatable bonds is 5. The summed E-state index contributed by atoms with van der Waals surface area (Å²) >= 11 is 0. The monoisotopic (exact) mass is 478 g/mol. The van der Waals surface area contributed by atoms with Crippen LogP contribution in [0.5, 0.6) is 5.88 Å². The SMILES string of the molecule is C#CCOc1cnc(/C(F)=C/c2cc(F)c(F)c([C@]3(C)CS(=O)(=O)C(C)(C)C(N)=N3)c2)cn1. The van der Waals surface area contributed by atoms with E-state index in [9.17, 15) is 21.6 Å². The molecule has 33 heavy (non-hydrogen) atoms. The van der Waals surface area contributed by atoms with E-state index in [0.717, 1.165) is 30.6 Å². The highest BCUT2D eigenvalue weighted by Gasteiger charge is 2.49. The summed E-state index contributed by atoms with van der Waals surface area (Å²) < 4.78 is 73.0. The minimum atomic E-state index is -3.86. The Hall–Kier alpha value is -3.39. The predicted octanol–water partition coefficient (Wildman–Crippen LogP) is 3.01. The van der Waals surface area contributed by atoms with E-state index in [2.05, 4.69) is 20.9 Å². The second kappa shape index (κ2) is 8.51. The summed E-state index contributed by atoms with van der Waals surface area (Å²) in [5.41, 5.74) is 3.53. The molecule has 0 unspecified atom stereocenters. The normalized spacial score (nSPS) is 21.7. The number of aliphatic imine (C=N–C) groups is 1. The van der Waals surface area contributed by atoms with Gasteiger partial charge in [0.05, 0.1) is 18.1 Å². The zero-order valence-corrected chi connectivity index (χ0v) is 18.9. The smallest absolute Gasteiger partial charge is 0.233 e. The number of aromatic nitrogens is 2. The van der Waals surface area contributed by atoms with Gasteiger partial charge in [-0.1, -0.05) is 5.92 Å². The highest BCUT2D eigenvalue weighted by Crippen LogP contribution is 2.39. The second-order valence-corrected chi connectivity index (χ2v) is 10.7. The molecule has 1 aliphatic heterocycles. The van der Waals surface area contributed by atoms with Crippen LogP contribution in [0.1, 0.15) is 37.6 Å². The van der Waals surface area contributed by atoms with Gasteiger partial charge in [0.1, 0.15) is 21.8 Å². The van der Waals surface area contributed by atoms with E-state index in [1.54, 1.807) is 0 Å². The zero-order chi connectivity index (χ0) is 24.6. The van der Waals surface area contributed by atoms with E-state index in [4.69, 9.17) is 16.9 Å². The van der Waals surface area contributed by atoms with Crippen molar-refractivity contribution < 1.29 is 26.3 Å². The molecule has 1 aliphatic rings. The Morgan fingerprint density at radius 1 is 1.27 bits per heavy atom. The third-order valence-electron chi connectivity index (χ3n) is 5.33. The molecule has 11 heteroatoms. The molecule has 0 bridgehead atoms. The second-order valence-electron chi connectivity index (χ2n) is 8.13. The molecule has 2 aromatic rings. The fraction of sp³-hybridized carbons (Fsp3) is 0.318. The van der Waals surface area contributed by atoms with E-state index < -0.39 is 43.3 Å². The number of benzene rings is 1. The van der Waals surface area contributed by atoms with Crippen LogP contribution in [0.3, 0.4) is 0 Å². The van der Waals surface area contributed by atoms with Crippen LogP contribution in [0.15, 0.2) is 29.5 Å². The minimum Gasteiger partial charge on any atom is -0.463 e. The molecular weight excluding hydrogens is 457 g/mol. The Balaban J connectivity index is 2.03. The highest BCUT2D eigenvalue weighted by atomic mass is 32.2. The summed E-state index contributed by atoms with van der Waals surface area (Å²) in [6, 6.07) is 1.90. The number of amidine groups is 1. The van der Waals surface area contributed by atoms with Crippen LogP contribution in [0, 0.1) is 24.0 Å². The van der Waals surface area contributed by atoms with Crippen molar-refractivity contribution in [3.05, 3.63) is 53.0 Å². The topological polar surface area (TPSA) is 108 Å². The van der Waals surface area contributed by atoms with Gasteiger partial charge in [-0.15, -0.1) is 6.42 Å². The molecule has 1 atom stereocenters. The van der Waals surface area contributed by atoms with Crippen LogP contribution in [-0.2, 0) is 15.4 Å². The minimum absolute atomic E-state index is 0.0390. The lowest BCUT2D eigenvalue weighted by Gasteiger charge is -2.38. The molecular formula is C22H21F3N4O3S. The maximum Gasteiger partial charge on any atom is 0.233 e. The van der Waals surface area contributed by atoms with Crippen LogP contribution in [0.4, 0.5) is 13.2 Å². The largest absolute Gasteiger partial charge is 0.463 e. The van der Waals surface area contributed by atoms with E-state index in [0.29, 0.717) is 0 Å². The molecule has 0 amide bonds. The van der Waals surface area contributed by atoms with Gasteiger partial charge in [-0.3, -0.25) is 4.99 Å². The zero-order valence-electron chi connectivity index (χ0n) is 18.1. The number of hydrogen-bond acceptors (Lipinski definition) is 7. The lowest BCUT2D eigenvalue weighted by atomic mass is 9.91. The average molecular weight is 478 g/mol. The molecule has 0 aliphatic carbocycles. The molecule has 2 N–H and O–H groups in total. The number of terminal acetylenes is 1. The first-order valence-electron chi connectivity index (χ1n) is 9.64. The maximum atomic E-state index is 14.7. The van der Waals surface area contributed by atoms with Crippen LogP contribution in [0.2, 0.25) is 0 Å². The number of ether oxygens (including phenoxy) is 1. The van der Waals surface area contributed by atoms with Crippen LogP contribution < -0.4 is 10.5 Å². The Morgan fingerprint density at radius 2 is 1.97 bits per heavy atom. The Morgan fingerprint density at radius 3 is 2.55 bits per heavy atom. The van der Waals surface area contributed by atoms with E-state index in [1.165, 1.54) is 20.8 Å². The first-order valence-corrected chi connectivity index (χ1v) is 11.3. The number of nitrogens with two attached hydrogens (primary N) is 1. The molecule has 3 rings (SSSR count). The Bertz CT molecular complexity index is 1300. The van der Waals surface area contributed by atoms with Crippen molar-refractivity contribution in [3.8, 4) is 18.2 Å². The van der Waals surface area contributed by atoms with Gasteiger partial charge in [0.2, 0.25) is 5.88 Å². The summed E-state index contributed by atoms with van der Waals surface area (Å²) in [4.78, 5) is 11.9. The lowest BCUT2D eigenvalue weighted by molar-refractivity contribution is 0.353. The quantitative estimate of drug-likeness (QED) is 0.662. The molecule has 2 heterocycles. The van der Waals surface area contributed by atoms with Gasteiger partial charge >= 0.3 is 0 Å². The van der Waals surface area contributed by atoms with Crippen LogP contribution >= 0.6 is 0 Å². The molecule has 1 aromatic carbocycles. The van der Waals surface area contributed by atoms with Crippen molar-refractivity contribution >= 4 is 27.6 Å². The van der Waals surface area contributed by atoms with Crippen LogP contribution in [0.25, 0.3) is 11.9 Å². The Labute approximate surface area is 189 Å². The number of halogens is 3. The predicted molar refractivity (Wildman–Crippen MR) is 119 cm³/mol. The molecule has 0 radical (unpaired) electrons. The first kappa shape index (κ1) is 24.3. The molecule has 0 saturated heterocycles. The molecule has 1 aromatic heterocycles. The van der Waals surface area contributed by atoms with Gasteiger partial charge in [-0.25, -0.2) is 31.6 Å². The van der Waals surface area contributed by atoms with Crippen molar-refractivity contribution in [2.45, 2.75) is 31.1 Å². The van der Waals surface area contributed by atoms with Crippen LogP contribution in [-0.4, -0.2) is 41.3 Å². The third-order valence-corrected chi connectivity index (χ3v) is 8.04. The summed E-state index contributed by atoms with van der Waals surface area (Å²) in [7, 11) is -3.86. The van der Waals surface area contributed by atoms with Crippen molar-refractivity contribution in [2.24, 2.45) is 10.7 Å². The van der Waals surface area contributed by atoms with Gasteiger partial charge in [0.25, 0.3) is 0 Å². The molecule has 7 nitrogen and oxygen atoms in total. The van der Waals surface area contributed by atoms with Gasteiger partial charge in [-0.05, 0) is 44.5 Å². The van der Waals surface area contributed by atoms with Gasteiger partial charge < -0.3 is 10.5 Å². The summed E-state index contributed by atoms with van der Waals surface area (Å²) in [6.45, 7) is 4.06. The van der Waals surface area contributed by atoms with Gasteiger partial charge in [-0.2, -0.15) is 0 Å². The van der Waals surface area contributed by atoms with E-state index in [-0.39, 0.29) is 35.1 Å². The third kappa shape index (κ3) is 4.57. The van der Waals surface area contributed by atoms with E-state index >= 15 is 0 Å². The van der Waals surface area contributed by atoms with Gasteiger partial charge in [0.15, 0.2) is 33.9 Å². The molecule has 174 valence electrons. The molecule has 0 saturated carbocycles. The first-order chi connectivity index (χ1) is 15.3. The standard InChI is InChI=1S/C22H21F3N4O3S/c1-5-6-32-18-11-27-17(10-28-18)15(23)8-13-7-14(19(25)16(24)9-13)22(4)12-33(30,31)21(2,3)20(26)29-22/h1,7-11H,6,12H2,2-4H3,(H2,26,29)/b15-8-/t22-/m0/s1. The summed E-state index contributed by atoms with van der Waals surface area (Å²) in [6.07, 6.45) is 8.23. The average Bonchev–Trinajstić information content (AvgIpc) is 2.73. The van der Waals surface area contributed by atoms with Gasteiger partial charge in [0, 0.05) is 5.56 Å². The number of hydrogen-bond donors (Lipinski definition) is 1. The van der Waals surface area contributed by atoms with Crippen molar-refractivity contribution in [3.63, 3.8) is 0 Å². The van der Waals surface area contributed by atoms with E-state index in [1.807, 2.05) is 0 Å². The fourth-order valence-electron chi connectivity index (χ4n) is 3.22. The number of nitrogens with zero attached hydrogens (tertiary/aromatic N) is 3. The van der Waals surface area contributed by atoms with Crippen molar-refractivity contribution in [1.29, 1.82) is 0 Å². The Kier molecular flexibility index (Phi) is 6.26.